The number of aryl methyl sites for hydroxylation is 1. The van der Waals surface area contributed by atoms with Gasteiger partial charge in [-0.2, -0.15) is 5.10 Å². The smallest absolute Gasteiger partial charge is 0.354 e. The van der Waals surface area contributed by atoms with Gasteiger partial charge in [-0.15, -0.1) is 0 Å². The van der Waals surface area contributed by atoms with Gasteiger partial charge in [0.05, 0.1) is 0 Å². The molecule has 82 valence electrons. The van der Waals surface area contributed by atoms with Crippen LogP contribution in [0.25, 0.3) is 0 Å². The first kappa shape index (κ1) is 11.4. The van der Waals surface area contributed by atoms with Gasteiger partial charge in [-0.25, -0.2) is 13.2 Å². The molecule has 0 aliphatic carbocycles. The zero-order valence-electron chi connectivity index (χ0n) is 7.96. The number of carbonyl (C=O) groups is 2. The summed E-state index contributed by atoms with van der Waals surface area (Å²) in [6.45, 7) is 0. The Labute approximate surface area is 85.2 Å². The number of aromatic nitrogens is 2. The van der Waals surface area contributed by atoms with Gasteiger partial charge in [-0.05, 0) is 0 Å². The third kappa shape index (κ3) is 2.21. The van der Waals surface area contributed by atoms with Crippen molar-refractivity contribution in [2.75, 3.05) is 6.26 Å². The second kappa shape index (κ2) is 3.46. The third-order valence-corrected chi connectivity index (χ3v) is 2.53. The van der Waals surface area contributed by atoms with Crippen LogP contribution in [0.4, 0.5) is 0 Å². The van der Waals surface area contributed by atoms with Gasteiger partial charge in [0, 0.05) is 19.4 Å². The molecule has 7 nitrogen and oxygen atoms in total. The SMILES string of the molecule is Cn1nc(C(=O)S(C)(=O)=O)cc1C(=O)O. The molecule has 1 aromatic rings. The molecule has 0 amide bonds. The van der Waals surface area contributed by atoms with Crippen LogP contribution < -0.4 is 0 Å². The minimum Gasteiger partial charge on any atom is -0.477 e. The summed E-state index contributed by atoms with van der Waals surface area (Å²) < 4.78 is 22.7. The maximum Gasteiger partial charge on any atom is 0.354 e. The number of carbonyl (C=O) groups excluding carboxylic acids is 1. The number of rotatable bonds is 2. The normalized spacial score (nSPS) is 11.3. The zero-order valence-corrected chi connectivity index (χ0v) is 8.78. The average molecular weight is 232 g/mol. The second-order valence-corrected chi connectivity index (χ2v) is 4.82. The summed E-state index contributed by atoms with van der Waals surface area (Å²) >= 11 is 0. The molecule has 0 aromatic carbocycles. The third-order valence-electron chi connectivity index (χ3n) is 1.64. The van der Waals surface area contributed by atoms with Crippen LogP contribution >= 0.6 is 0 Å². The molecular formula is C7H8N2O5S. The molecule has 0 saturated heterocycles. The summed E-state index contributed by atoms with van der Waals surface area (Å²) in [5.74, 6) is -1.28. The number of carboxylic acids is 1. The lowest BCUT2D eigenvalue weighted by Gasteiger charge is -1.91. The van der Waals surface area contributed by atoms with Gasteiger partial charge in [0.25, 0.3) is 5.12 Å². The molecule has 1 aromatic heterocycles. The predicted molar refractivity (Wildman–Crippen MR) is 49.3 cm³/mol. The highest BCUT2D eigenvalue weighted by atomic mass is 32.2. The average Bonchev–Trinajstić information content (AvgIpc) is 2.44. The molecule has 0 unspecified atom stereocenters. The van der Waals surface area contributed by atoms with E-state index in [-0.39, 0.29) is 5.69 Å². The van der Waals surface area contributed by atoms with Crippen molar-refractivity contribution in [2.45, 2.75) is 0 Å². The summed E-state index contributed by atoms with van der Waals surface area (Å²) in [4.78, 5) is 21.8. The van der Waals surface area contributed by atoms with Crippen molar-refractivity contribution in [3.05, 3.63) is 17.5 Å². The largest absolute Gasteiger partial charge is 0.477 e. The minimum atomic E-state index is -3.89. The quantitative estimate of drug-likeness (QED) is 0.722. The van der Waals surface area contributed by atoms with Crippen molar-refractivity contribution in [1.29, 1.82) is 0 Å². The Morgan fingerprint density at radius 1 is 1.47 bits per heavy atom. The fraction of sp³-hybridized carbons (Fsp3) is 0.286. The number of nitrogens with zero attached hydrogens (tertiary/aromatic N) is 2. The van der Waals surface area contributed by atoms with Gasteiger partial charge in [0.15, 0.2) is 0 Å². The van der Waals surface area contributed by atoms with Crippen LogP contribution in [0, 0.1) is 0 Å². The second-order valence-electron chi connectivity index (χ2n) is 2.90. The molecular weight excluding hydrogens is 224 g/mol. The molecule has 15 heavy (non-hydrogen) atoms. The maximum atomic E-state index is 11.2. The van der Waals surface area contributed by atoms with E-state index in [0.717, 1.165) is 17.0 Å². The molecule has 8 heteroatoms. The van der Waals surface area contributed by atoms with Crippen molar-refractivity contribution >= 4 is 20.9 Å². The van der Waals surface area contributed by atoms with Crippen LogP contribution in [-0.4, -0.2) is 40.6 Å². The fourth-order valence-corrected chi connectivity index (χ4v) is 1.44. The van der Waals surface area contributed by atoms with Crippen molar-refractivity contribution in [2.24, 2.45) is 7.05 Å². The Hall–Kier alpha value is -1.70. The van der Waals surface area contributed by atoms with Crippen LogP contribution in [-0.2, 0) is 16.9 Å². The Bertz CT molecular complexity index is 528. The topological polar surface area (TPSA) is 106 Å². The summed E-state index contributed by atoms with van der Waals surface area (Å²) in [7, 11) is -2.58. The monoisotopic (exact) mass is 232 g/mol. The van der Waals surface area contributed by atoms with Gasteiger partial charge >= 0.3 is 5.97 Å². The number of carboxylic acid groups (broad SMARTS) is 1. The Morgan fingerprint density at radius 3 is 2.33 bits per heavy atom. The van der Waals surface area contributed by atoms with Gasteiger partial charge in [-0.1, -0.05) is 0 Å². The molecule has 1 heterocycles. The summed E-state index contributed by atoms with van der Waals surface area (Å²) in [5.41, 5.74) is -0.639. The fourth-order valence-electron chi connectivity index (χ4n) is 0.957. The Balaban J connectivity index is 3.26. The molecule has 0 bridgehead atoms. The standard InChI is InChI=1S/C7H8N2O5S/c1-9-5(6(10)11)3-4(8-9)7(12)15(2,13)14/h3H,1-2H3,(H,10,11). The molecule has 0 saturated carbocycles. The molecule has 1 rings (SSSR count). The van der Waals surface area contributed by atoms with Gasteiger partial charge in [0.2, 0.25) is 9.84 Å². The van der Waals surface area contributed by atoms with E-state index < -0.39 is 26.6 Å². The van der Waals surface area contributed by atoms with E-state index in [0.29, 0.717) is 0 Å². The zero-order chi connectivity index (χ0) is 11.8. The van der Waals surface area contributed by atoms with Crippen molar-refractivity contribution in [3.8, 4) is 0 Å². The lowest BCUT2D eigenvalue weighted by atomic mass is 10.4. The number of hydrogen-bond acceptors (Lipinski definition) is 5. The van der Waals surface area contributed by atoms with E-state index in [1.807, 2.05) is 0 Å². The van der Waals surface area contributed by atoms with Crippen LogP contribution in [0.5, 0.6) is 0 Å². The summed E-state index contributed by atoms with van der Waals surface area (Å²) in [6, 6.07) is 0.922. The van der Waals surface area contributed by atoms with Crippen LogP contribution in [0.2, 0.25) is 0 Å². The molecule has 0 aliphatic rings. The number of aromatic carboxylic acids is 1. The van der Waals surface area contributed by atoms with Crippen molar-refractivity contribution in [1.82, 2.24) is 9.78 Å². The molecule has 0 aliphatic heterocycles. The van der Waals surface area contributed by atoms with Gasteiger partial charge < -0.3 is 5.11 Å². The van der Waals surface area contributed by atoms with Crippen molar-refractivity contribution in [3.63, 3.8) is 0 Å². The maximum absolute atomic E-state index is 11.2. The van der Waals surface area contributed by atoms with E-state index in [9.17, 15) is 18.0 Å². The van der Waals surface area contributed by atoms with E-state index in [4.69, 9.17) is 5.11 Å². The minimum absolute atomic E-state index is 0.248. The molecule has 0 atom stereocenters. The first-order valence-electron chi connectivity index (χ1n) is 3.75. The molecule has 0 fully saturated rings. The lowest BCUT2D eigenvalue weighted by molar-refractivity contribution is 0.0685. The number of sulfone groups is 1. The van der Waals surface area contributed by atoms with Crippen LogP contribution in [0.15, 0.2) is 6.07 Å². The highest BCUT2D eigenvalue weighted by molar-refractivity contribution is 8.06. The Kier molecular flexibility index (Phi) is 2.63. The van der Waals surface area contributed by atoms with E-state index >= 15 is 0 Å². The Morgan fingerprint density at radius 2 is 2.00 bits per heavy atom. The molecule has 0 radical (unpaired) electrons. The lowest BCUT2D eigenvalue weighted by Crippen LogP contribution is -2.13. The summed E-state index contributed by atoms with van der Waals surface area (Å²) in [5, 5.41) is 11.0. The molecule has 0 spiro atoms. The first-order chi connectivity index (χ1) is 6.73. The van der Waals surface area contributed by atoms with Gasteiger partial charge in [-0.3, -0.25) is 9.48 Å². The highest BCUT2D eigenvalue weighted by Crippen LogP contribution is 2.06. The van der Waals surface area contributed by atoms with E-state index in [2.05, 4.69) is 5.10 Å². The predicted octanol–water partition coefficient (Wildman–Crippen LogP) is -0.697. The van der Waals surface area contributed by atoms with E-state index in [1.165, 1.54) is 7.05 Å². The van der Waals surface area contributed by atoms with Crippen molar-refractivity contribution < 1.29 is 23.1 Å². The summed E-state index contributed by atoms with van der Waals surface area (Å²) in [6.07, 6.45) is 0.741. The first-order valence-corrected chi connectivity index (χ1v) is 5.64. The van der Waals surface area contributed by atoms with Crippen LogP contribution in [0.1, 0.15) is 21.0 Å². The van der Waals surface area contributed by atoms with Crippen LogP contribution in [0.3, 0.4) is 0 Å². The molecule has 1 N–H and O–H groups in total. The van der Waals surface area contributed by atoms with Gasteiger partial charge in [0.1, 0.15) is 11.4 Å². The number of hydrogen-bond donors (Lipinski definition) is 1. The van der Waals surface area contributed by atoms with E-state index in [1.54, 1.807) is 0 Å². The highest BCUT2D eigenvalue weighted by Gasteiger charge is 2.23.